The Labute approximate surface area is 301 Å². The molecule has 5 heteroatoms. The van der Waals surface area contributed by atoms with E-state index in [1.807, 2.05) is 60.7 Å². The van der Waals surface area contributed by atoms with Gasteiger partial charge in [0.25, 0.3) is 0 Å². The van der Waals surface area contributed by atoms with Gasteiger partial charge in [0, 0.05) is 31.2 Å². The van der Waals surface area contributed by atoms with Gasteiger partial charge in [0.15, 0.2) is 5.78 Å². The van der Waals surface area contributed by atoms with Crippen molar-refractivity contribution in [3.8, 4) is 39.5 Å². The molecule has 7 aromatic carbocycles. The molecule has 0 aromatic heterocycles. The summed E-state index contributed by atoms with van der Waals surface area (Å²) in [6.45, 7) is 0. The first-order chi connectivity index (χ1) is 24.0. The highest BCUT2D eigenvalue weighted by Crippen LogP contribution is 2.63. The largest absolute Gasteiger partial charge is 0.508 e. The minimum absolute atomic E-state index is 0.119. The van der Waals surface area contributed by atoms with E-state index in [2.05, 4.69) is 111 Å². The zero-order chi connectivity index (χ0) is 33.5. The van der Waals surface area contributed by atoms with Crippen molar-refractivity contribution in [1.29, 1.82) is 0 Å². The van der Waals surface area contributed by atoms with E-state index in [0.29, 0.717) is 5.75 Å². The first-order valence-electron chi connectivity index (χ1n) is 15.9. The van der Waals surface area contributed by atoms with E-state index < -0.39 is 0 Å². The van der Waals surface area contributed by atoms with Gasteiger partial charge in [-0.25, -0.2) is 0 Å². The van der Waals surface area contributed by atoms with Crippen LogP contribution in [0.5, 0.6) is 17.2 Å². The molecule has 2 aliphatic carbocycles. The molecule has 0 radical (unpaired) electrons. The number of carbonyl (C=O) groups is 1. The zero-order valence-electron chi connectivity index (χ0n) is 26.1. The fourth-order valence-corrected chi connectivity index (χ4v) is 8.53. The predicted octanol–water partition coefficient (Wildman–Crippen LogP) is 12.0. The summed E-state index contributed by atoms with van der Waals surface area (Å²) in [5, 5.41) is 8.63. The van der Waals surface area contributed by atoms with E-state index in [1.165, 1.54) is 33.4 Å². The van der Waals surface area contributed by atoms with Crippen LogP contribution in [0.2, 0.25) is 0 Å². The molecular weight excluding hydrogens is 736 g/mol. The highest BCUT2D eigenvalue weighted by atomic mass is 79.9. The number of aromatic hydroxyl groups is 1. The third-order valence-corrected chi connectivity index (χ3v) is 10.6. The van der Waals surface area contributed by atoms with E-state index in [9.17, 15) is 4.79 Å². The molecule has 0 atom stereocenters. The Kier molecular flexibility index (Phi) is 8.03. The van der Waals surface area contributed by atoms with Crippen LogP contribution in [0.15, 0.2) is 173 Å². The molecule has 0 unspecified atom stereocenters. The Morgan fingerprint density at radius 2 is 0.939 bits per heavy atom. The molecule has 3 aliphatic rings. The minimum atomic E-state index is -0.378. The SMILES string of the molecule is Brc1cccc2c1C1(c3ccccc3Oc3ccccc31)c1ccccc1-2.O=C1c2ccccc2-c2cccc(Br)c21.Oc1ccccc1. The van der Waals surface area contributed by atoms with Crippen LogP contribution in [0.1, 0.15) is 38.2 Å². The van der Waals surface area contributed by atoms with Crippen LogP contribution in [-0.4, -0.2) is 10.9 Å². The number of ether oxygens (including phenoxy) is 1. The monoisotopic (exact) mass is 762 g/mol. The van der Waals surface area contributed by atoms with E-state index in [4.69, 9.17) is 9.84 Å². The number of carbonyl (C=O) groups excluding carboxylic acids is 1. The van der Waals surface area contributed by atoms with Crippen molar-refractivity contribution in [2.24, 2.45) is 0 Å². The minimum Gasteiger partial charge on any atom is -0.508 e. The van der Waals surface area contributed by atoms with Crippen LogP contribution < -0.4 is 4.74 Å². The smallest absolute Gasteiger partial charge is 0.195 e. The summed E-state index contributed by atoms with van der Waals surface area (Å²) in [5.41, 5.74) is 10.9. The lowest BCUT2D eigenvalue weighted by Gasteiger charge is -2.39. The molecule has 0 amide bonds. The Hall–Kier alpha value is -5.23. The highest BCUT2D eigenvalue weighted by molar-refractivity contribution is 9.10. The first-order valence-corrected chi connectivity index (χ1v) is 17.5. The number of benzene rings is 7. The number of ketones is 1. The van der Waals surface area contributed by atoms with Crippen molar-refractivity contribution in [2.75, 3.05) is 0 Å². The summed E-state index contributed by atoms with van der Waals surface area (Å²) in [7, 11) is 0. The van der Waals surface area contributed by atoms with E-state index in [-0.39, 0.29) is 11.2 Å². The molecule has 1 heterocycles. The lowest BCUT2D eigenvalue weighted by atomic mass is 9.66. The van der Waals surface area contributed by atoms with Crippen molar-refractivity contribution in [2.45, 2.75) is 5.41 Å². The van der Waals surface area contributed by atoms with Gasteiger partial charge in [0.1, 0.15) is 17.2 Å². The summed E-state index contributed by atoms with van der Waals surface area (Å²) in [5.74, 6) is 2.29. The first kappa shape index (κ1) is 31.1. The molecule has 0 saturated carbocycles. The molecule has 0 saturated heterocycles. The molecule has 1 N–H and O–H groups in total. The maximum absolute atomic E-state index is 12.1. The predicted molar refractivity (Wildman–Crippen MR) is 203 cm³/mol. The molecule has 1 aliphatic heterocycles. The number of fused-ring (bicyclic) bond motifs is 12. The van der Waals surface area contributed by atoms with E-state index in [1.54, 1.807) is 24.3 Å². The van der Waals surface area contributed by atoms with Gasteiger partial charge in [0.05, 0.1) is 5.41 Å². The zero-order valence-corrected chi connectivity index (χ0v) is 29.3. The number of halogens is 2. The normalized spacial score (nSPS) is 13.1. The molecular formula is C44H28Br2O3. The van der Waals surface area contributed by atoms with Crippen molar-refractivity contribution in [3.05, 3.63) is 206 Å². The van der Waals surface area contributed by atoms with Crippen LogP contribution in [0, 0.1) is 0 Å². The van der Waals surface area contributed by atoms with E-state index >= 15 is 0 Å². The Balaban J connectivity index is 0.000000132. The summed E-state index contributed by atoms with van der Waals surface area (Å²) in [6, 6.07) is 54.4. The highest BCUT2D eigenvalue weighted by Gasteiger charge is 2.51. The van der Waals surface area contributed by atoms with Crippen LogP contribution in [0.25, 0.3) is 22.3 Å². The van der Waals surface area contributed by atoms with Crippen LogP contribution in [0.3, 0.4) is 0 Å². The van der Waals surface area contributed by atoms with Crippen molar-refractivity contribution in [3.63, 3.8) is 0 Å². The fraction of sp³-hybridized carbons (Fsp3) is 0.0227. The summed E-state index contributed by atoms with van der Waals surface area (Å²) in [6.07, 6.45) is 0. The molecule has 7 aromatic rings. The second kappa shape index (κ2) is 12.7. The maximum atomic E-state index is 12.1. The van der Waals surface area contributed by atoms with Gasteiger partial charge in [-0.2, -0.15) is 0 Å². The summed E-state index contributed by atoms with van der Waals surface area (Å²) < 4.78 is 8.32. The average Bonchev–Trinajstić information content (AvgIpc) is 3.61. The second-order valence-electron chi connectivity index (χ2n) is 11.9. The molecule has 10 rings (SSSR count). The molecule has 0 bridgehead atoms. The van der Waals surface area contributed by atoms with Gasteiger partial charge in [-0.3, -0.25) is 4.79 Å². The topological polar surface area (TPSA) is 46.5 Å². The standard InChI is InChI=1S/C25H15BrO.C13H7BrO.C6H6O/c26-21-13-7-9-17-16-8-1-2-10-18(16)25(24(17)21)19-11-3-5-14-22(19)27-23-15-6-4-12-20(23)25;14-11-7-3-6-9-8-4-1-2-5-10(8)13(15)12(9)11;7-6-4-2-1-3-5-6/h1-15H;1-7H;1-5,7H. The van der Waals surface area contributed by atoms with Gasteiger partial charge < -0.3 is 9.84 Å². The van der Waals surface area contributed by atoms with Crippen LogP contribution >= 0.6 is 31.9 Å². The van der Waals surface area contributed by atoms with Gasteiger partial charge >= 0.3 is 0 Å². The Bertz CT molecular complexity index is 2340. The van der Waals surface area contributed by atoms with E-state index in [0.717, 1.165) is 42.7 Å². The molecule has 49 heavy (non-hydrogen) atoms. The third-order valence-electron chi connectivity index (χ3n) is 9.27. The number of phenolic OH excluding ortho intramolecular Hbond substituents is 1. The average molecular weight is 765 g/mol. The number of phenols is 1. The number of rotatable bonds is 0. The summed E-state index contributed by atoms with van der Waals surface area (Å²) in [4.78, 5) is 12.1. The molecule has 3 nitrogen and oxygen atoms in total. The van der Waals surface area contributed by atoms with Crippen LogP contribution in [0.4, 0.5) is 0 Å². The molecule has 1 spiro atoms. The van der Waals surface area contributed by atoms with Gasteiger partial charge in [0.2, 0.25) is 0 Å². The van der Waals surface area contributed by atoms with Crippen molar-refractivity contribution in [1.82, 2.24) is 0 Å². The Morgan fingerprint density at radius 3 is 1.57 bits per heavy atom. The van der Waals surface area contributed by atoms with Gasteiger partial charge in [-0.15, -0.1) is 0 Å². The number of hydrogen-bond acceptors (Lipinski definition) is 3. The quantitative estimate of drug-likeness (QED) is 0.167. The Morgan fingerprint density at radius 1 is 0.449 bits per heavy atom. The van der Waals surface area contributed by atoms with Crippen LogP contribution in [-0.2, 0) is 5.41 Å². The van der Waals surface area contributed by atoms with Crippen molar-refractivity contribution < 1.29 is 14.6 Å². The fourth-order valence-electron chi connectivity index (χ4n) is 7.32. The van der Waals surface area contributed by atoms with Crippen molar-refractivity contribution >= 4 is 37.6 Å². The lowest BCUT2D eigenvalue weighted by Crippen LogP contribution is -2.32. The number of hydrogen-bond donors (Lipinski definition) is 1. The number of para-hydroxylation sites is 3. The second-order valence-corrected chi connectivity index (χ2v) is 13.6. The third kappa shape index (κ3) is 5.04. The summed E-state index contributed by atoms with van der Waals surface area (Å²) >= 11 is 7.31. The van der Waals surface area contributed by atoms with Gasteiger partial charge in [-0.1, -0.05) is 159 Å². The molecule has 236 valence electrons. The lowest BCUT2D eigenvalue weighted by molar-refractivity contribution is 0.104. The van der Waals surface area contributed by atoms with Gasteiger partial charge in [-0.05, 0) is 69.8 Å². The molecule has 0 fully saturated rings. The maximum Gasteiger partial charge on any atom is 0.195 e.